The predicted octanol–water partition coefficient (Wildman–Crippen LogP) is 3.87. The number of allylic oxidation sites excluding steroid dienone is 1. The van der Waals surface area contributed by atoms with Gasteiger partial charge in [0.25, 0.3) is 5.91 Å². The molecule has 0 bridgehead atoms. The lowest BCUT2D eigenvalue weighted by molar-refractivity contribution is -0.130. The maximum atomic E-state index is 12.1. The Hall–Kier alpha value is -1.92. The third-order valence-electron chi connectivity index (χ3n) is 2.99. The van der Waals surface area contributed by atoms with Crippen LogP contribution in [0.15, 0.2) is 46.3 Å². The normalized spacial score (nSPS) is 10.7. The second-order valence-electron chi connectivity index (χ2n) is 4.94. The number of rotatable bonds is 6. The molecule has 0 radical (unpaired) electrons. The van der Waals surface area contributed by atoms with E-state index in [1.54, 1.807) is 61.8 Å². The summed E-state index contributed by atoms with van der Waals surface area (Å²) in [5.41, 5.74) is 0.572. The molecular weight excluding hydrogens is 378 g/mol. The maximum Gasteiger partial charge on any atom is 0.259 e. The summed E-state index contributed by atoms with van der Waals surface area (Å²) in [4.78, 5) is 26.0. The molecule has 1 aromatic carbocycles. The molecule has 0 saturated heterocycles. The SMILES string of the molecule is CN(C)C(=O)COc1ccc(C(=O)/C=C/c2ccc(Br)s2)cc1. The Bertz CT molecular complexity index is 720. The Balaban J connectivity index is 1.94. The molecule has 0 N–H and O–H groups in total. The van der Waals surface area contributed by atoms with Crippen LogP contribution in [-0.2, 0) is 4.79 Å². The molecule has 0 aliphatic heterocycles. The maximum absolute atomic E-state index is 12.1. The molecule has 0 atom stereocenters. The molecule has 0 spiro atoms. The Labute approximate surface area is 147 Å². The third kappa shape index (κ3) is 5.33. The average molecular weight is 394 g/mol. The van der Waals surface area contributed by atoms with Gasteiger partial charge in [0.15, 0.2) is 12.4 Å². The lowest BCUT2D eigenvalue weighted by atomic mass is 10.1. The molecule has 1 amide bonds. The van der Waals surface area contributed by atoms with Crippen LogP contribution in [0.25, 0.3) is 6.08 Å². The number of thiophene rings is 1. The van der Waals surface area contributed by atoms with Gasteiger partial charge in [-0.2, -0.15) is 0 Å². The lowest BCUT2D eigenvalue weighted by Crippen LogP contribution is -2.27. The Morgan fingerprint density at radius 3 is 2.43 bits per heavy atom. The van der Waals surface area contributed by atoms with Gasteiger partial charge in [-0.3, -0.25) is 9.59 Å². The molecule has 1 aromatic heterocycles. The highest BCUT2D eigenvalue weighted by Crippen LogP contribution is 2.23. The van der Waals surface area contributed by atoms with E-state index in [0.717, 1.165) is 8.66 Å². The Kier molecular flexibility index (Phi) is 6.12. The minimum atomic E-state index is -0.116. The van der Waals surface area contributed by atoms with Crippen molar-refractivity contribution in [3.05, 3.63) is 56.7 Å². The minimum Gasteiger partial charge on any atom is -0.484 e. The first-order valence-electron chi connectivity index (χ1n) is 6.86. The number of halogens is 1. The molecule has 2 aromatic rings. The quantitative estimate of drug-likeness (QED) is 0.552. The highest BCUT2D eigenvalue weighted by atomic mass is 79.9. The zero-order valence-electron chi connectivity index (χ0n) is 12.8. The minimum absolute atomic E-state index is 0.0204. The van der Waals surface area contributed by atoms with Gasteiger partial charge in [-0.25, -0.2) is 0 Å². The molecule has 6 heteroatoms. The number of hydrogen-bond acceptors (Lipinski definition) is 4. The van der Waals surface area contributed by atoms with Crippen molar-refractivity contribution in [3.8, 4) is 5.75 Å². The first kappa shape index (κ1) is 17.4. The van der Waals surface area contributed by atoms with E-state index >= 15 is 0 Å². The number of amides is 1. The monoisotopic (exact) mass is 393 g/mol. The van der Waals surface area contributed by atoms with Crippen molar-refractivity contribution in [2.75, 3.05) is 20.7 Å². The van der Waals surface area contributed by atoms with Crippen molar-refractivity contribution in [3.63, 3.8) is 0 Å². The summed E-state index contributed by atoms with van der Waals surface area (Å²) in [6.07, 6.45) is 3.33. The van der Waals surface area contributed by atoms with Gasteiger partial charge < -0.3 is 9.64 Å². The molecular formula is C17H16BrNO3S. The molecule has 1 heterocycles. The fraction of sp³-hybridized carbons (Fsp3) is 0.176. The molecule has 0 fully saturated rings. The molecule has 0 unspecified atom stereocenters. The van der Waals surface area contributed by atoms with Crippen molar-refractivity contribution in [1.82, 2.24) is 4.90 Å². The predicted molar refractivity (Wildman–Crippen MR) is 96.0 cm³/mol. The van der Waals surface area contributed by atoms with Gasteiger partial charge in [0.2, 0.25) is 0 Å². The highest BCUT2D eigenvalue weighted by molar-refractivity contribution is 9.11. The summed E-state index contributed by atoms with van der Waals surface area (Å²) in [6, 6.07) is 10.6. The topological polar surface area (TPSA) is 46.6 Å². The lowest BCUT2D eigenvalue weighted by Gasteiger charge is -2.11. The zero-order valence-corrected chi connectivity index (χ0v) is 15.2. The summed E-state index contributed by atoms with van der Waals surface area (Å²) in [5, 5.41) is 0. The molecule has 0 aliphatic carbocycles. The first-order valence-corrected chi connectivity index (χ1v) is 8.47. The van der Waals surface area contributed by atoms with Crippen LogP contribution < -0.4 is 4.74 Å². The van der Waals surface area contributed by atoms with Gasteiger partial charge >= 0.3 is 0 Å². The van der Waals surface area contributed by atoms with Crippen molar-refractivity contribution in [2.45, 2.75) is 0 Å². The van der Waals surface area contributed by atoms with E-state index in [0.29, 0.717) is 11.3 Å². The summed E-state index contributed by atoms with van der Waals surface area (Å²) >= 11 is 4.95. The van der Waals surface area contributed by atoms with Gasteiger partial charge in [0, 0.05) is 24.5 Å². The fourth-order valence-electron chi connectivity index (χ4n) is 1.66. The number of carbonyl (C=O) groups is 2. The van der Waals surface area contributed by atoms with E-state index in [1.165, 1.54) is 4.90 Å². The first-order chi connectivity index (χ1) is 11.0. The second-order valence-corrected chi connectivity index (χ2v) is 7.44. The molecule has 23 heavy (non-hydrogen) atoms. The molecule has 0 aliphatic rings. The summed E-state index contributed by atoms with van der Waals surface area (Å²) in [7, 11) is 3.35. The largest absolute Gasteiger partial charge is 0.484 e. The average Bonchev–Trinajstić information content (AvgIpc) is 2.96. The van der Waals surface area contributed by atoms with E-state index in [1.807, 2.05) is 12.1 Å². The molecule has 120 valence electrons. The van der Waals surface area contributed by atoms with Crippen LogP contribution in [0.2, 0.25) is 0 Å². The van der Waals surface area contributed by atoms with Crippen LogP contribution in [0.5, 0.6) is 5.75 Å². The van der Waals surface area contributed by atoms with Crippen molar-refractivity contribution >= 4 is 45.0 Å². The Morgan fingerprint density at radius 2 is 1.87 bits per heavy atom. The van der Waals surface area contributed by atoms with Crippen molar-refractivity contribution < 1.29 is 14.3 Å². The van der Waals surface area contributed by atoms with E-state index in [-0.39, 0.29) is 18.3 Å². The molecule has 0 saturated carbocycles. The van der Waals surface area contributed by atoms with Gasteiger partial charge in [0.1, 0.15) is 5.75 Å². The van der Waals surface area contributed by atoms with Crippen molar-refractivity contribution in [1.29, 1.82) is 0 Å². The number of nitrogens with zero attached hydrogens (tertiary/aromatic N) is 1. The number of carbonyl (C=O) groups excluding carboxylic acids is 2. The molecule has 4 nitrogen and oxygen atoms in total. The fourth-order valence-corrected chi connectivity index (χ4v) is 2.99. The highest BCUT2D eigenvalue weighted by Gasteiger charge is 2.06. The summed E-state index contributed by atoms with van der Waals surface area (Å²) in [5.74, 6) is 0.364. The van der Waals surface area contributed by atoms with Crippen LogP contribution in [0.1, 0.15) is 15.2 Å². The van der Waals surface area contributed by atoms with Crippen LogP contribution in [0, 0.1) is 0 Å². The van der Waals surface area contributed by atoms with E-state index in [4.69, 9.17) is 4.74 Å². The number of likely N-dealkylation sites (N-methyl/N-ethyl adjacent to an activating group) is 1. The number of hydrogen-bond donors (Lipinski definition) is 0. The van der Waals surface area contributed by atoms with Gasteiger partial charge in [-0.1, -0.05) is 0 Å². The van der Waals surface area contributed by atoms with Crippen LogP contribution in [-0.4, -0.2) is 37.3 Å². The summed E-state index contributed by atoms with van der Waals surface area (Å²) in [6.45, 7) is -0.0204. The Morgan fingerprint density at radius 1 is 1.17 bits per heavy atom. The smallest absolute Gasteiger partial charge is 0.259 e. The van der Waals surface area contributed by atoms with Gasteiger partial charge in [-0.15, -0.1) is 11.3 Å². The van der Waals surface area contributed by atoms with E-state index < -0.39 is 0 Å². The number of ketones is 1. The third-order valence-corrected chi connectivity index (χ3v) is 4.58. The van der Waals surface area contributed by atoms with Gasteiger partial charge in [0.05, 0.1) is 3.79 Å². The molecule has 2 rings (SSSR count). The number of benzene rings is 1. The van der Waals surface area contributed by atoms with Crippen LogP contribution in [0.4, 0.5) is 0 Å². The van der Waals surface area contributed by atoms with Crippen LogP contribution in [0.3, 0.4) is 0 Å². The standard InChI is InChI=1S/C17H16BrNO3S/c1-19(2)17(21)11-22-13-5-3-12(4-6-13)15(20)9-7-14-8-10-16(18)23-14/h3-10H,11H2,1-2H3/b9-7+. The zero-order chi connectivity index (χ0) is 16.8. The van der Waals surface area contributed by atoms with E-state index in [2.05, 4.69) is 15.9 Å². The van der Waals surface area contributed by atoms with E-state index in [9.17, 15) is 9.59 Å². The van der Waals surface area contributed by atoms with Gasteiger partial charge in [-0.05, 0) is 64.5 Å². The number of ether oxygens (including phenoxy) is 1. The van der Waals surface area contributed by atoms with Crippen molar-refractivity contribution in [2.24, 2.45) is 0 Å². The summed E-state index contributed by atoms with van der Waals surface area (Å²) < 4.78 is 6.40. The second kappa shape index (κ2) is 8.08. The van der Waals surface area contributed by atoms with Crippen LogP contribution >= 0.6 is 27.3 Å².